The predicted molar refractivity (Wildman–Crippen MR) is 123 cm³/mol. The summed E-state index contributed by atoms with van der Waals surface area (Å²) in [5.41, 5.74) is 6.78. The molecule has 0 bridgehead atoms. The first-order valence-corrected chi connectivity index (χ1v) is 11.6. The first kappa shape index (κ1) is 22.8. The molecule has 0 unspecified atom stereocenters. The van der Waals surface area contributed by atoms with Gasteiger partial charge in [0.2, 0.25) is 0 Å². The van der Waals surface area contributed by atoms with E-state index < -0.39 is 11.8 Å². The lowest BCUT2D eigenvalue weighted by Crippen LogP contribution is -2.37. The second-order valence-electron chi connectivity index (χ2n) is 10.5. The highest BCUT2D eigenvalue weighted by Gasteiger charge is 2.47. The van der Waals surface area contributed by atoms with Crippen LogP contribution in [0.3, 0.4) is 0 Å². The first-order valence-electron chi connectivity index (χ1n) is 10.8. The molecular weight excluding hydrogens is 474 g/mol. The third-order valence-electron chi connectivity index (χ3n) is 6.24. The molecule has 6 nitrogen and oxygen atoms in total. The number of ketones is 2. The molecule has 1 aromatic carbocycles. The monoisotopic (exact) mass is 501 g/mol. The standard InChI is InChI=1S/C25H28BrNO5/c1-24(2)8-15(28)22-18(10-24)32-19-11-25(3,4)9-16(29)23(19)21(22)13-5-6-17(14(26)7-13)31-12-20(27)30/h5-7,21H,8-12H2,1-4H3,(H2,27,30). The average Bonchev–Trinajstić information content (AvgIpc) is 2.63. The van der Waals surface area contributed by atoms with E-state index in [1.54, 1.807) is 6.07 Å². The van der Waals surface area contributed by atoms with Crippen molar-refractivity contribution in [2.45, 2.75) is 59.3 Å². The van der Waals surface area contributed by atoms with E-state index in [-0.39, 0.29) is 29.0 Å². The Morgan fingerprint density at radius 2 is 1.56 bits per heavy atom. The van der Waals surface area contributed by atoms with Crippen LogP contribution in [0.4, 0.5) is 0 Å². The van der Waals surface area contributed by atoms with Gasteiger partial charge in [0.05, 0.1) is 4.47 Å². The molecule has 0 radical (unpaired) electrons. The number of amides is 1. The number of nitrogens with two attached hydrogens (primary N) is 1. The molecule has 4 rings (SSSR count). The van der Waals surface area contributed by atoms with Crippen molar-refractivity contribution >= 4 is 33.4 Å². The van der Waals surface area contributed by atoms with Crippen LogP contribution < -0.4 is 10.5 Å². The van der Waals surface area contributed by atoms with Crippen LogP contribution in [0.2, 0.25) is 0 Å². The third kappa shape index (κ3) is 4.27. The summed E-state index contributed by atoms with van der Waals surface area (Å²) in [5.74, 6) is 0.848. The molecule has 2 N–H and O–H groups in total. The summed E-state index contributed by atoms with van der Waals surface area (Å²) in [5, 5.41) is 0. The number of Topliss-reactive ketones (excluding diaryl/α,β-unsaturated/α-hetero) is 2. The number of rotatable bonds is 4. The zero-order valence-electron chi connectivity index (χ0n) is 18.8. The highest BCUT2D eigenvalue weighted by molar-refractivity contribution is 9.10. The minimum atomic E-state index is -0.569. The molecule has 0 spiro atoms. The smallest absolute Gasteiger partial charge is 0.255 e. The first-order chi connectivity index (χ1) is 14.9. The summed E-state index contributed by atoms with van der Waals surface area (Å²) < 4.78 is 12.4. The highest BCUT2D eigenvalue weighted by atomic mass is 79.9. The maximum absolute atomic E-state index is 13.3. The largest absolute Gasteiger partial charge is 0.483 e. The summed E-state index contributed by atoms with van der Waals surface area (Å²) >= 11 is 3.50. The number of hydrogen-bond acceptors (Lipinski definition) is 5. The van der Waals surface area contributed by atoms with Crippen molar-refractivity contribution in [3.05, 3.63) is 50.9 Å². The molecule has 0 saturated carbocycles. The number of benzene rings is 1. The van der Waals surface area contributed by atoms with E-state index >= 15 is 0 Å². The van der Waals surface area contributed by atoms with Gasteiger partial charge in [0.1, 0.15) is 17.3 Å². The van der Waals surface area contributed by atoms with Gasteiger partial charge in [-0.05, 0) is 44.5 Å². The van der Waals surface area contributed by atoms with Crippen LogP contribution in [-0.4, -0.2) is 24.1 Å². The van der Waals surface area contributed by atoms with E-state index in [0.717, 1.165) is 5.56 Å². The zero-order valence-corrected chi connectivity index (χ0v) is 20.4. The Morgan fingerprint density at radius 3 is 2.03 bits per heavy atom. The van der Waals surface area contributed by atoms with E-state index in [4.69, 9.17) is 15.2 Å². The maximum Gasteiger partial charge on any atom is 0.255 e. The number of primary amides is 1. The zero-order chi connectivity index (χ0) is 23.4. The molecule has 0 saturated heterocycles. The van der Waals surface area contributed by atoms with Crippen LogP contribution in [0.1, 0.15) is 64.9 Å². The summed E-state index contributed by atoms with van der Waals surface area (Å²) in [7, 11) is 0. The Balaban J connectivity index is 1.83. The number of hydrogen-bond donors (Lipinski definition) is 1. The second-order valence-corrected chi connectivity index (χ2v) is 11.4. The lowest BCUT2D eigenvalue weighted by molar-refractivity contribution is -0.121. The van der Waals surface area contributed by atoms with Crippen LogP contribution in [0.5, 0.6) is 5.75 Å². The minimum absolute atomic E-state index is 0.0237. The van der Waals surface area contributed by atoms with Gasteiger partial charge in [-0.3, -0.25) is 14.4 Å². The molecule has 170 valence electrons. The molecule has 1 amide bonds. The number of halogens is 1. The Kier molecular flexibility index (Phi) is 5.60. The Bertz CT molecular complexity index is 1040. The fourth-order valence-corrected chi connectivity index (χ4v) is 5.48. The summed E-state index contributed by atoms with van der Waals surface area (Å²) in [6.45, 7) is 8.02. The molecule has 1 heterocycles. The van der Waals surface area contributed by atoms with E-state index in [2.05, 4.69) is 43.6 Å². The van der Waals surface area contributed by atoms with Crippen LogP contribution in [0.15, 0.2) is 45.3 Å². The van der Waals surface area contributed by atoms with Crippen molar-refractivity contribution in [2.24, 2.45) is 16.6 Å². The quantitative estimate of drug-likeness (QED) is 0.643. The molecule has 0 atom stereocenters. The van der Waals surface area contributed by atoms with E-state index in [1.165, 1.54) is 0 Å². The summed E-state index contributed by atoms with van der Waals surface area (Å²) in [6, 6.07) is 5.42. The van der Waals surface area contributed by atoms with Gasteiger partial charge in [-0.15, -0.1) is 0 Å². The predicted octanol–water partition coefficient (Wildman–Crippen LogP) is 4.71. The Labute approximate surface area is 196 Å². The second kappa shape index (κ2) is 7.87. The fraction of sp³-hybridized carbons (Fsp3) is 0.480. The average molecular weight is 502 g/mol. The van der Waals surface area contributed by atoms with Crippen LogP contribution in [0, 0.1) is 10.8 Å². The van der Waals surface area contributed by atoms with Crippen molar-refractivity contribution in [1.82, 2.24) is 0 Å². The number of carbonyl (C=O) groups is 3. The number of ether oxygens (including phenoxy) is 2. The Hall–Kier alpha value is -2.41. The van der Waals surface area contributed by atoms with Crippen LogP contribution in [0.25, 0.3) is 0 Å². The van der Waals surface area contributed by atoms with E-state index in [1.807, 2.05) is 12.1 Å². The number of carbonyl (C=O) groups excluding carboxylic acids is 3. The number of allylic oxidation sites excluding steroid dienone is 4. The molecule has 2 aliphatic carbocycles. The minimum Gasteiger partial charge on any atom is -0.483 e. The van der Waals surface area contributed by atoms with Gasteiger partial charge in [-0.25, -0.2) is 0 Å². The van der Waals surface area contributed by atoms with Gasteiger partial charge in [-0.1, -0.05) is 33.8 Å². The highest BCUT2D eigenvalue weighted by Crippen LogP contribution is 2.53. The van der Waals surface area contributed by atoms with Crippen molar-refractivity contribution in [2.75, 3.05) is 6.61 Å². The van der Waals surface area contributed by atoms with Crippen molar-refractivity contribution in [3.63, 3.8) is 0 Å². The third-order valence-corrected chi connectivity index (χ3v) is 6.86. The molecule has 0 fully saturated rings. The van der Waals surface area contributed by atoms with E-state index in [9.17, 15) is 14.4 Å². The van der Waals surface area contributed by atoms with Crippen LogP contribution >= 0.6 is 15.9 Å². The van der Waals surface area contributed by atoms with Crippen LogP contribution in [-0.2, 0) is 19.1 Å². The molecule has 1 aromatic rings. The summed E-state index contributed by atoms with van der Waals surface area (Å²) in [4.78, 5) is 37.7. The molecule has 1 aliphatic heterocycles. The molecular formula is C25H28BrNO5. The molecule has 32 heavy (non-hydrogen) atoms. The van der Waals surface area contributed by atoms with Crippen molar-refractivity contribution < 1.29 is 23.9 Å². The lowest BCUT2D eigenvalue weighted by atomic mass is 9.65. The molecule has 7 heteroatoms. The molecule has 3 aliphatic rings. The van der Waals surface area contributed by atoms with Gasteiger partial charge in [-0.2, -0.15) is 0 Å². The van der Waals surface area contributed by atoms with Crippen molar-refractivity contribution in [1.29, 1.82) is 0 Å². The van der Waals surface area contributed by atoms with E-state index in [0.29, 0.717) is 58.6 Å². The van der Waals surface area contributed by atoms with Gasteiger partial charge in [0.25, 0.3) is 5.91 Å². The molecule has 0 aromatic heterocycles. The maximum atomic E-state index is 13.3. The summed E-state index contributed by atoms with van der Waals surface area (Å²) in [6.07, 6.45) is 2.12. The normalized spacial score (nSPS) is 22.3. The van der Waals surface area contributed by atoms with Gasteiger partial charge >= 0.3 is 0 Å². The fourth-order valence-electron chi connectivity index (χ4n) is 4.97. The van der Waals surface area contributed by atoms with Gasteiger partial charge in [0.15, 0.2) is 18.2 Å². The van der Waals surface area contributed by atoms with Gasteiger partial charge < -0.3 is 15.2 Å². The van der Waals surface area contributed by atoms with Gasteiger partial charge in [0, 0.05) is 42.7 Å². The Morgan fingerprint density at radius 1 is 1.03 bits per heavy atom. The lowest BCUT2D eigenvalue weighted by Gasteiger charge is -2.42. The van der Waals surface area contributed by atoms with Crippen molar-refractivity contribution in [3.8, 4) is 5.75 Å². The topological polar surface area (TPSA) is 95.7 Å². The SMILES string of the molecule is CC1(C)CC(=O)C2=C(C1)OC1=C(C(=O)CC(C)(C)C1)C2c1ccc(OCC(N)=O)c(Br)c1.